The molecule has 5 nitrogen and oxygen atoms in total. The van der Waals surface area contributed by atoms with E-state index in [2.05, 4.69) is 0 Å². The van der Waals surface area contributed by atoms with Gasteiger partial charge >= 0.3 is 7.60 Å². The van der Waals surface area contributed by atoms with E-state index in [9.17, 15) is 9.36 Å². The van der Waals surface area contributed by atoms with Crippen molar-refractivity contribution < 1.29 is 18.4 Å². The van der Waals surface area contributed by atoms with Crippen molar-refractivity contribution >= 4 is 13.4 Å². The first-order valence-corrected chi connectivity index (χ1v) is 7.05. The van der Waals surface area contributed by atoms with Crippen LogP contribution in [-0.4, -0.2) is 19.0 Å². The highest BCUT2D eigenvalue weighted by atomic mass is 31.2. The van der Waals surface area contributed by atoms with Gasteiger partial charge in [-0.1, -0.05) is 0 Å². The largest absolute Gasteiger partial charge is 0.372 e. The Balaban J connectivity index is 3.24. The topological polar surface area (TPSA) is 76.4 Å². The number of nitriles is 1. The number of hydrogen-bond donors (Lipinski definition) is 0. The molecule has 18 heavy (non-hydrogen) atoms. The van der Waals surface area contributed by atoms with E-state index in [1.165, 1.54) is 24.3 Å². The summed E-state index contributed by atoms with van der Waals surface area (Å²) >= 11 is 0. The van der Waals surface area contributed by atoms with Crippen LogP contribution in [0.25, 0.3) is 0 Å². The van der Waals surface area contributed by atoms with Gasteiger partial charge in [0.05, 0.1) is 13.2 Å². The minimum Gasteiger partial charge on any atom is -0.305 e. The summed E-state index contributed by atoms with van der Waals surface area (Å²) in [7, 11) is -3.61. The zero-order valence-electron chi connectivity index (χ0n) is 10.3. The molecule has 0 heterocycles. The number of rotatable bonds is 5. The van der Waals surface area contributed by atoms with Crippen LogP contribution in [0.5, 0.6) is 0 Å². The zero-order chi connectivity index (χ0) is 13.6. The normalized spacial score (nSPS) is 14.7. The van der Waals surface area contributed by atoms with Gasteiger partial charge in [0, 0.05) is 5.57 Å². The van der Waals surface area contributed by atoms with Gasteiger partial charge in [-0.2, -0.15) is 5.26 Å². The summed E-state index contributed by atoms with van der Waals surface area (Å²) < 4.78 is 22.7. The van der Waals surface area contributed by atoms with Gasteiger partial charge in [-0.3, -0.25) is 9.36 Å². The van der Waals surface area contributed by atoms with E-state index >= 15 is 0 Å². The van der Waals surface area contributed by atoms with Gasteiger partial charge in [0.15, 0.2) is 5.78 Å². The minimum atomic E-state index is -3.61. The zero-order valence-corrected chi connectivity index (χ0v) is 11.1. The SMILES string of the molecule is CCOP(=O)(OCC)C(C#N)=C1C=CC(=O)C=C1. The van der Waals surface area contributed by atoms with Crippen LogP contribution in [0.2, 0.25) is 0 Å². The molecule has 1 rings (SSSR count). The standard InChI is InChI=1S/C12H14NO4P/c1-3-16-18(15,17-4-2)12(9-13)10-5-7-11(14)8-6-10/h5-8H,3-4H2,1-2H3. The van der Waals surface area contributed by atoms with Gasteiger partial charge < -0.3 is 9.05 Å². The fourth-order valence-electron chi connectivity index (χ4n) is 1.40. The van der Waals surface area contributed by atoms with Gasteiger partial charge in [-0.15, -0.1) is 0 Å². The van der Waals surface area contributed by atoms with Gasteiger partial charge in [0.2, 0.25) is 0 Å². The molecule has 6 heteroatoms. The summed E-state index contributed by atoms with van der Waals surface area (Å²) in [6.07, 6.45) is 5.47. The number of hydrogen-bond acceptors (Lipinski definition) is 5. The molecular formula is C12H14NO4P. The summed E-state index contributed by atoms with van der Waals surface area (Å²) in [6.45, 7) is 3.67. The highest BCUT2D eigenvalue weighted by Crippen LogP contribution is 2.57. The molecule has 0 atom stereocenters. The van der Waals surface area contributed by atoms with E-state index in [0.717, 1.165) is 0 Å². The number of ketones is 1. The van der Waals surface area contributed by atoms with E-state index in [4.69, 9.17) is 14.3 Å². The lowest BCUT2D eigenvalue weighted by Gasteiger charge is -2.17. The van der Waals surface area contributed by atoms with Crippen molar-refractivity contribution in [2.45, 2.75) is 13.8 Å². The lowest BCUT2D eigenvalue weighted by molar-refractivity contribution is -0.110. The Morgan fingerprint density at radius 2 is 1.72 bits per heavy atom. The van der Waals surface area contributed by atoms with Crippen molar-refractivity contribution in [3.8, 4) is 6.07 Å². The van der Waals surface area contributed by atoms with Gasteiger partial charge in [-0.25, -0.2) is 0 Å². The summed E-state index contributed by atoms with van der Waals surface area (Å²) in [5.74, 6) is -0.182. The van der Waals surface area contributed by atoms with Crippen LogP contribution in [0, 0.1) is 11.3 Å². The third-order valence-electron chi connectivity index (χ3n) is 2.11. The van der Waals surface area contributed by atoms with E-state index in [1.807, 2.05) is 6.07 Å². The quantitative estimate of drug-likeness (QED) is 0.565. The molecule has 0 unspecified atom stereocenters. The van der Waals surface area contributed by atoms with Gasteiger partial charge in [-0.05, 0) is 38.2 Å². The maximum Gasteiger partial charge on any atom is 0.372 e. The molecule has 0 N–H and O–H groups in total. The predicted molar refractivity (Wildman–Crippen MR) is 66.8 cm³/mol. The summed E-state index contributed by atoms with van der Waals surface area (Å²) in [4.78, 5) is 11.0. The Labute approximate surface area is 106 Å². The molecule has 0 fully saturated rings. The summed E-state index contributed by atoms with van der Waals surface area (Å²) in [5, 5.41) is 9.06. The van der Waals surface area contributed by atoms with E-state index in [-0.39, 0.29) is 24.3 Å². The molecule has 0 spiro atoms. The van der Waals surface area contributed by atoms with E-state index in [1.54, 1.807) is 13.8 Å². The molecule has 1 aliphatic carbocycles. The van der Waals surface area contributed by atoms with Crippen LogP contribution in [-0.2, 0) is 18.4 Å². The van der Waals surface area contributed by atoms with Crippen molar-refractivity contribution in [1.29, 1.82) is 5.26 Å². The molecule has 0 bridgehead atoms. The molecule has 1 aliphatic rings. The Bertz CT molecular complexity index is 483. The van der Waals surface area contributed by atoms with E-state index in [0.29, 0.717) is 5.57 Å². The average Bonchev–Trinajstić information content (AvgIpc) is 2.33. The first-order valence-electron chi connectivity index (χ1n) is 5.51. The van der Waals surface area contributed by atoms with Crippen LogP contribution < -0.4 is 0 Å². The maximum atomic E-state index is 12.4. The Morgan fingerprint density at radius 1 is 1.22 bits per heavy atom. The third-order valence-corrected chi connectivity index (χ3v) is 4.21. The molecule has 0 aromatic heterocycles. The van der Waals surface area contributed by atoms with Crippen LogP contribution >= 0.6 is 7.60 Å². The van der Waals surface area contributed by atoms with Crippen LogP contribution in [0.4, 0.5) is 0 Å². The smallest absolute Gasteiger partial charge is 0.305 e. The number of carbonyl (C=O) groups is 1. The molecule has 0 aromatic rings. The van der Waals surface area contributed by atoms with Crippen LogP contribution in [0.3, 0.4) is 0 Å². The molecular weight excluding hydrogens is 253 g/mol. The third kappa shape index (κ3) is 3.27. The number of carbonyl (C=O) groups excluding carboxylic acids is 1. The molecule has 0 saturated carbocycles. The first kappa shape index (κ1) is 14.6. The molecule has 0 amide bonds. The number of nitrogens with zero attached hydrogens (tertiary/aromatic N) is 1. The summed E-state index contributed by atoms with van der Waals surface area (Å²) in [6, 6.07) is 1.85. The van der Waals surface area contributed by atoms with Crippen molar-refractivity contribution in [3.63, 3.8) is 0 Å². The molecule has 0 aromatic carbocycles. The maximum absolute atomic E-state index is 12.4. The predicted octanol–water partition coefficient (Wildman–Crippen LogP) is 2.73. The lowest BCUT2D eigenvalue weighted by atomic mass is 10.1. The molecule has 0 saturated heterocycles. The Kier molecular flexibility index (Phi) is 5.24. The van der Waals surface area contributed by atoms with E-state index < -0.39 is 7.60 Å². The first-order chi connectivity index (χ1) is 8.57. The second-order valence-electron chi connectivity index (χ2n) is 3.32. The van der Waals surface area contributed by atoms with Crippen molar-refractivity contribution in [2.24, 2.45) is 0 Å². The lowest BCUT2D eigenvalue weighted by Crippen LogP contribution is -2.01. The fraction of sp³-hybridized carbons (Fsp3) is 0.333. The highest BCUT2D eigenvalue weighted by Gasteiger charge is 2.32. The average molecular weight is 267 g/mol. The van der Waals surface area contributed by atoms with Gasteiger partial charge in [0.1, 0.15) is 11.4 Å². The van der Waals surface area contributed by atoms with Crippen molar-refractivity contribution in [3.05, 3.63) is 35.2 Å². The molecule has 0 aliphatic heterocycles. The van der Waals surface area contributed by atoms with Gasteiger partial charge in [0.25, 0.3) is 0 Å². The van der Waals surface area contributed by atoms with Crippen molar-refractivity contribution in [2.75, 3.05) is 13.2 Å². The summed E-state index contributed by atoms with van der Waals surface area (Å²) in [5.41, 5.74) is 0.377. The molecule has 0 radical (unpaired) electrons. The second-order valence-corrected chi connectivity index (χ2v) is 5.28. The number of allylic oxidation sites excluding steroid dienone is 6. The monoisotopic (exact) mass is 267 g/mol. The van der Waals surface area contributed by atoms with Crippen molar-refractivity contribution in [1.82, 2.24) is 0 Å². The Hall–Kier alpha value is -1.47. The van der Waals surface area contributed by atoms with Crippen LogP contribution in [0.1, 0.15) is 13.8 Å². The van der Waals surface area contributed by atoms with Crippen LogP contribution in [0.15, 0.2) is 35.2 Å². The highest BCUT2D eigenvalue weighted by molar-refractivity contribution is 7.59. The Morgan fingerprint density at radius 3 is 2.11 bits per heavy atom. The minimum absolute atomic E-state index is 0.0776. The molecule has 96 valence electrons. The second kappa shape index (κ2) is 6.46. The fourth-order valence-corrected chi connectivity index (χ4v) is 3.00.